The van der Waals surface area contributed by atoms with Gasteiger partial charge < -0.3 is 10.0 Å². The molecule has 2 fully saturated rings. The van der Waals surface area contributed by atoms with Crippen LogP contribution in [-0.4, -0.2) is 40.9 Å². The van der Waals surface area contributed by atoms with Gasteiger partial charge in [-0.1, -0.05) is 6.42 Å². The lowest BCUT2D eigenvalue weighted by Crippen LogP contribution is -2.42. The highest BCUT2D eigenvalue weighted by atomic mass is 19.3. The smallest absolute Gasteiger partial charge is 0.306 e. The molecule has 0 aromatic carbocycles. The Labute approximate surface area is 110 Å². The summed E-state index contributed by atoms with van der Waals surface area (Å²) in [5.41, 5.74) is 0. The lowest BCUT2D eigenvalue weighted by molar-refractivity contribution is -0.146. The molecule has 0 aromatic heterocycles. The maximum absolute atomic E-state index is 12.5. The molecule has 0 aromatic rings. The number of aliphatic carboxylic acids is 1. The van der Waals surface area contributed by atoms with E-state index in [4.69, 9.17) is 5.11 Å². The minimum Gasteiger partial charge on any atom is -0.481 e. The fourth-order valence-corrected chi connectivity index (χ4v) is 2.83. The molecule has 2 atom stereocenters. The number of alkyl halides is 2. The van der Waals surface area contributed by atoms with E-state index >= 15 is 0 Å². The predicted octanol–water partition coefficient (Wildman–Crippen LogP) is 2.13. The van der Waals surface area contributed by atoms with Gasteiger partial charge in [0.2, 0.25) is 5.91 Å². The molecule has 0 radical (unpaired) electrons. The number of halogens is 2. The molecule has 2 rings (SSSR count). The summed E-state index contributed by atoms with van der Waals surface area (Å²) in [6.45, 7) is -0.516. The van der Waals surface area contributed by atoms with Crippen molar-refractivity contribution in [3.63, 3.8) is 0 Å². The average Bonchev–Trinajstić information content (AvgIpc) is 3.19. The second-order valence-electron chi connectivity index (χ2n) is 5.51. The van der Waals surface area contributed by atoms with Gasteiger partial charge >= 0.3 is 5.97 Å². The molecule has 108 valence electrons. The minimum atomic E-state index is -2.52. The second kappa shape index (κ2) is 5.84. The number of amides is 1. The van der Waals surface area contributed by atoms with Gasteiger partial charge in [0.1, 0.15) is 0 Å². The van der Waals surface area contributed by atoms with Crippen molar-refractivity contribution in [3.05, 3.63) is 0 Å². The summed E-state index contributed by atoms with van der Waals surface area (Å²) in [5, 5.41) is 9.00. The highest BCUT2D eigenvalue weighted by Crippen LogP contribution is 2.34. The first kappa shape index (κ1) is 14.2. The van der Waals surface area contributed by atoms with Crippen molar-refractivity contribution in [1.29, 1.82) is 0 Å². The van der Waals surface area contributed by atoms with Gasteiger partial charge in [0.05, 0.1) is 12.5 Å². The first-order chi connectivity index (χ1) is 8.99. The van der Waals surface area contributed by atoms with Gasteiger partial charge in [-0.2, -0.15) is 0 Å². The number of hydrogen-bond acceptors (Lipinski definition) is 2. The number of carbonyl (C=O) groups is 2. The van der Waals surface area contributed by atoms with Crippen LogP contribution in [0.1, 0.15) is 38.5 Å². The Morgan fingerprint density at radius 3 is 2.32 bits per heavy atom. The van der Waals surface area contributed by atoms with Crippen LogP contribution in [0.4, 0.5) is 8.78 Å². The van der Waals surface area contributed by atoms with Crippen molar-refractivity contribution in [2.24, 2.45) is 11.8 Å². The van der Waals surface area contributed by atoms with E-state index in [-0.39, 0.29) is 11.9 Å². The predicted molar refractivity (Wildman–Crippen MR) is 63.8 cm³/mol. The molecule has 2 saturated carbocycles. The van der Waals surface area contributed by atoms with Crippen LogP contribution in [0.15, 0.2) is 0 Å². The van der Waals surface area contributed by atoms with E-state index in [1.807, 2.05) is 0 Å². The molecule has 2 unspecified atom stereocenters. The van der Waals surface area contributed by atoms with Crippen molar-refractivity contribution < 1.29 is 23.5 Å². The summed E-state index contributed by atoms with van der Waals surface area (Å²) in [7, 11) is 0. The van der Waals surface area contributed by atoms with Crippen LogP contribution in [0.5, 0.6) is 0 Å². The largest absolute Gasteiger partial charge is 0.481 e. The Morgan fingerprint density at radius 2 is 1.79 bits per heavy atom. The van der Waals surface area contributed by atoms with Gasteiger partial charge in [-0.25, -0.2) is 8.78 Å². The Kier molecular flexibility index (Phi) is 4.37. The normalized spacial score (nSPS) is 27.3. The molecule has 2 aliphatic rings. The van der Waals surface area contributed by atoms with E-state index in [1.165, 1.54) is 4.90 Å². The number of carboxylic acids is 1. The van der Waals surface area contributed by atoms with Crippen molar-refractivity contribution >= 4 is 11.9 Å². The molecule has 0 heterocycles. The van der Waals surface area contributed by atoms with Gasteiger partial charge in [0, 0.05) is 12.0 Å². The van der Waals surface area contributed by atoms with Crippen molar-refractivity contribution in [3.8, 4) is 0 Å². The van der Waals surface area contributed by atoms with E-state index in [2.05, 4.69) is 0 Å². The monoisotopic (exact) mass is 275 g/mol. The maximum Gasteiger partial charge on any atom is 0.306 e. The lowest BCUT2D eigenvalue weighted by Gasteiger charge is -2.31. The summed E-state index contributed by atoms with van der Waals surface area (Å²) < 4.78 is 25.0. The number of nitrogens with zero attached hydrogens (tertiary/aromatic N) is 1. The van der Waals surface area contributed by atoms with Crippen LogP contribution in [0.2, 0.25) is 0 Å². The molecular weight excluding hydrogens is 256 g/mol. The van der Waals surface area contributed by atoms with Crippen LogP contribution in [0.25, 0.3) is 0 Å². The fourth-order valence-electron chi connectivity index (χ4n) is 2.83. The van der Waals surface area contributed by atoms with E-state index < -0.39 is 30.8 Å². The van der Waals surface area contributed by atoms with E-state index in [0.717, 1.165) is 12.8 Å². The van der Waals surface area contributed by atoms with E-state index in [9.17, 15) is 18.4 Å². The van der Waals surface area contributed by atoms with Crippen LogP contribution < -0.4 is 0 Å². The lowest BCUT2D eigenvalue weighted by atomic mass is 9.80. The third-order valence-electron chi connectivity index (χ3n) is 3.98. The van der Waals surface area contributed by atoms with Crippen molar-refractivity contribution in [2.45, 2.75) is 51.0 Å². The van der Waals surface area contributed by atoms with Crippen LogP contribution in [-0.2, 0) is 9.59 Å². The highest BCUT2D eigenvalue weighted by Gasteiger charge is 2.39. The zero-order valence-corrected chi connectivity index (χ0v) is 10.7. The topological polar surface area (TPSA) is 57.6 Å². The summed E-state index contributed by atoms with van der Waals surface area (Å²) in [6, 6.07) is -0.0493. The molecule has 2 aliphatic carbocycles. The summed E-state index contributed by atoms with van der Waals surface area (Å²) in [5.74, 6) is -2.05. The molecule has 0 aliphatic heterocycles. The molecular formula is C13H19F2NO3. The summed E-state index contributed by atoms with van der Waals surface area (Å²) >= 11 is 0. The van der Waals surface area contributed by atoms with Crippen molar-refractivity contribution in [1.82, 2.24) is 4.90 Å². The van der Waals surface area contributed by atoms with Gasteiger partial charge in [0.15, 0.2) is 0 Å². The first-order valence-corrected chi connectivity index (χ1v) is 6.80. The summed E-state index contributed by atoms with van der Waals surface area (Å²) in [6.07, 6.45) is 1.22. The third-order valence-corrected chi connectivity index (χ3v) is 3.98. The van der Waals surface area contributed by atoms with Crippen molar-refractivity contribution in [2.75, 3.05) is 6.54 Å². The minimum absolute atomic E-state index is 0.0493. The van der Waals surface area contributed by atoms with Gasteiger partial charge in [-0.05, 0) is 32.1 Å². The standard InChI is InChI=1S/C13H19F2NO3/c14-11(15)7-16(10-4-5-10)12(17)8-2-1-3-9(6-8)13(18)19/h8-11H,1-7H2,(H,18,19). The zero-order valence-electron chi connectivity index (χ0n) is 10.7. The maximum atomic E-state index is 12.5. The molecule has 1 amide bonds. The first-order valence-electron chi connectivity index (χ1n) is 6.80. The average molecular weight is 275 g/mol. The van der Waals surface area contributed by atoms with Gasteiger partial charge in [0.25, 0.3) is 6.43 Å². The molecule has 0 saturated heterocycles. The number of rotatable bonds is 5. The third kappa shape index (κ3) is 3.64. The molecule has 6 heteroatoms. The van der Waals surface area contributed by atoms with E-state index in [0.29, 0.717) is 25.7 Å². The molecule has 0 spiro atoms. The van der Waals surface area contributed by atoms with Gasteiger partial charge in [-0.15, -0.1) is 0 Å². The highest BCUT2D eigenvalue weighted by molar-refractivity contribution is 5.81. The molecule has 19 heavy (non-hydrogen) atoms. The number of carboxylic acid groups (broad SMARTS) is 1. The summed E-state index contributed by atoms with van der Waals surface area (Å²) in [4.78, 5) is 24.5. The van der Waals surface area contributed by atoms with Crippen LogP contribution in [0.3, 0.4) is 0 Å². The molecule has 4 nitrogen and oxygen atoms in total. The SMILES string of the molecule is O=C(O)C1CCCC(C(=O)N(CC(F)F)C2CC2)C1. The quantitative estimate of drug-likeness (QED) is 0.836. The van der Waals surface area contributed by atoms with E-state index in [1.54, 1.807) is 0 Å². The molecule has 0 bridgehead atoms. The fraction of sp³-hybridized carbons (Fsp3) is 0.846. The Morgan fingerprint density at radius 1 is 1.16 bits per heavy atom. The number of hydrogen-bond donors (Lipinski definition) is 1. The Hall–Kier alpha value is -1.20. The van der Waals surface area contributed by atoms with Crippen LogP contribution >= 0.6 is 0 Å². The van der Waals surface area contributed by atoms with Gasteiger partial charge in [-0.3, -0.25) is 9.59 Å². The molecule has 1 N–H and O–H groups in total. The number of carbonyl (C=O) groups excluding carboxylic acids is 1. The Balaban J connectivity index is 1.98. The van der Waals surface area contributed by atoms with Crippen LogP contribution in [0, 0.1) is 11.8 Å². The zero-order chi connectivity index (χ0) is 14.0. The Bertz CT molecular complexity index is 358. The second-order valence-corrected chi connectivity index (χ2v) is 5.51.